The Hall–Kier alpha value is -1.86. The summed E-state index contributed by atoms with van der Waals surface area (Å²) in [6.45, 7) is 4.87. The lowest BCUT2D eigenvalue weighted by molar-refractivity contribution is 0.0389. The third kappa shape index (κ3) is 3.25. The molecule has 21 heavy (non-hydrogen) atoms. The van der Waals surface area contributed by atoms with E-state index >= 15 is 0 Å². The van der Waals surface area contributed by atoms with E-state index in [9.17, 15) is 0 Å². The van der Waals surface area contributed by atoms with Gasteiger partial charge in [-0.05, 0) is 26.7 Å². The first-order valence-electron chi connectivity index (χ1n) is 7.25. The Morgan fingerprint density at radius 1 is 1.33 bits per heavy atom. The summed E-state index contributed by atoms with van der Waals surface area (Å²) < 4.78 is 5.99. The van der Waals surface area contributed by atoms with Crippen LogP contribution in [-0.2, 0) is 4.74 Å². The molecular formula is C14H20N6O. The van der Waals surface area contributed by atoms with E-state index in [4.69, 9.17) is 4.74 Å². The molecule has 1 aliphatic heterocycles. The monoisotopic (exact) mass is 288 g/mol. The first kappa shape index (κ1) is 14.1. The summed E-state index contributed by atoms with van der Waals surface area (Å²) in [6, 6.07) is 0.159. The summed E-state index contributed by atoms with van der Waals surface area (Å²) in [4.78, 5) is 12.8. The lowest BCUT2D eigenvalue weighted by Gasteiger charge is -2.18. The van der Waals surface area contributed by atoms with Crippen molar-refractivity contribution in [2.75, 3.05) is 6.54 Å². The van der Waals surface area contributed by atoms with Crippen molar-refractivity contribution in [1.29, 1.82) is 0 Å². The Bertz CT molecular complexity index is 573. The number of hydrogen-bond acceptors (Lipinski definition) is 6. The number of nitrogens with zero attached hydrogens (tertiary/aromatic N) is 4. The molecule has 0 radical (unpaired) electrons. The fourth-order valence-electron chi connectivity index (χ4n) is 2.68. The van der Waals surface area contributed by atoms with Gasteiger partial charge >= 0.3 is 0 Å². The van der Waals surface area contributed by atoms with Gasteiger partial charge in [0.25, 0.3) is 0 Å². The molecule has 0 amide bonds. The van der Waals surface area contributed by atoms with Gasteiger partial charge in [-0.3, -0.25) is 15.1 Å². The number of aromatic amines is 1. The Labute approximate surface area is 123 Å². The third-order valence-corrected chi connectivity index (χ3v) is 3.83. The van der Waals surface area contributed by atoms with Gasteiger partial charge in [-0.2, -0.15) is 5.10 Å². The molecule has 0 spiro atoms. The van der Waals surface area contributed by atoms with Crippen LogP contribution in [-0.4, -0.2) is 37.8 Å². The molecule has 3 heterocycles. The van der Waals surface area contributed by atoms with Crippen LogP contribution in [0.3, 0.4) is 0 Å². The molecule has 3 rings (SSSR count). The Balaban J connectivity index is 1.51. The largest absolute Gasteiger partial charge is 0.366 e. The van der Waals surface area contributed by atoms with Gasteiger partial charge in [-0.1, -0.05) is 0 Å². The highest BCUT2D eigenvalue weighted by molar-refractivity contribution is 5.12. The molecule has 1 aliphatic rings. The predicted molar refractivity (Wildman–Crippen MR) is 76.4 cm³/mol. The maximum absolute atomic E-state index is 5.99. The quantitative estimate of drug-likeness (QED) is 0.866. The standard InChI is InChI=1S/C14H20N6O/c1-9-13(16-6-5-15-9)10(2)17-7-11-3-4-12(21-11)14-18-8-19-20-14/h5-6,8,10-12,17H,3-4,7H2,1-2H3,(H,18,19,20)/t10?,11-,12+/m1/s1. The molecule has 0 bridgehead atoms. The van der Waals surface area contributed by atoms with Crippen molar-refractivity contribution in [3.63, 3.8) is 0 Å². The zero-order valence-electron chi connectivity index (χ0n) is 12.3. The van der Waals surface area contributed by atoms with Crippen molar-refractivity contribution in [2.24, 2.45) is 0 Å². The minimum absolute atomic E-state index is 0.0351. The summed E-state index contributed by atoms with van der Waals surface area (Å²) >= 11 is 0. The lowest BCUT2D eigenvalue weighted by atomic mass is 10.1. The maximum atomic E-state index is 5.99. The molecule has 3 atom stereocenters. The minimum atomic E-state index is 0.0351. The smallest absolute Gasteiger partial charge is 0.153 e. The van der Waals surface area contributed by atoms with Crippen LogP contribution in [0.15, 0.2) is 18.7 Å². The highest BCUT2D eigenvalue weighted by Gasteiger charge is 2.28. The number of aromatic nitrogens is 5. The predicted octanol–water partition coefficient (Wildman–Crippen LogP) is 1.47. The Kier molecular flexibility index (Phi) is 4.21. The van der Waals surface area contributed by atoms with E-state index < -0.39 is 0 Å². The van der Waals surface area contributed by atoms with Crippen molar-refractivity contribution in [3.05, 3.63) is 35.9 Å². The number of hydrogen-bond donors (Lipinski definition) is 2. The third-order valence-electron chi connectivity index (χ3n) is 3.83. The van der Waals surface area contributed by atoms with Crippen molar-refractivity contribution in [3.8, 4) is 0 Å². The van der Waals surface area contributed by atoms with Crippen LogP contribution in [0.4, 0.5) is 0 Å². The van der Waals surface area contributed by atoms with Crippen LogP contribution in [0, 0.1) is 6.92 Å². The van der Waals surface area contributed by atoms with Crippen molar-refractivity contribution in [1.82, 2.24) is 30.5 Å². The fraction of sp³-hybridized carbons (Fsp3) is 0.571. The van der Waals surface area contributed by atoms with Crippen molar-refractivity contribution in [2.45, 2.75) is 44.9 Å². The molecule has 2 aromatic heterocycles. The van der Waals surface area contributed by atoms with E-state index in [1.165, 1.54) is 6.33 Å². The van der Waals surface area contributed by atoms with E-state index in [0.717, 1.165) is 36.6 Å². The zero-order valence-corrected chi connectivity index (χ0v) is 12.3. The summed E-state index contributed by atoms with van der Waals surface area (Å²) in [5.41, 5.74) is 1.95. The number of ether oxygens (including phenoxy) is 1. The second-order valence-electron chi connectivity index (χ2n) is 5.35. The highest BCUT2D eigenvalue weighted by Crippen LogP contribution is 2.30. The first-order chi connectivity index (χ1) is 10.2. The molecule has 0 aliphatic carbocycles. The molecule has 112 valence electrons. The molecule has 1 fully saturated rings. The summed E-state index contributed by atoms with van der Waals surface area (Å²) in [6.07, 6.45) is 7.18. The average molecular weight is 288 g/mol. The van der Waals surface area contributed by atoms with Gasteiger partial charge in [0.15, 0.2) is 5.82 Å². The number of aryl methyl sites for hydroxylation is 1. The number of H-pyrrole nitrogens is 1. The van der Waals surface area contributed by atoms with E-state index in [1.807, 2.05) is 6.92 Å². The normalized spacial score (nSPS) is 23.3. The molecule has 7 nitrogen and oxygen atoms in total. The molecule has 7 heteroatoms. The fourth-order valence-corrected chi connectivity index (χ4v) is 2.68. The van der Waals surface area contributed by atoms with E-state index in [0.29, 0.717) is 0 Å². The van der Waals surface area contributed by atoms with E-state index in [2.05, 4.69) is 37.4 Å². The summed E-state index contributed by atoms with van der Waals surface area (Å²) in [5, 5.41) is 10.2. The molecule has 0 saturated carbocycles. The topological polar surface area (TPSA) is 88.6 Å². The van der Waals surface area contributed by atoms with Gasteiger partial charge in [0.05, 0.1) is 17.5 Å². The van der Waals surface area contributed by atoms with Crippen LogP contribution >= 0.6 is 0 Å². The van der Waals surface area contributed by atoms with E-state index in [1.54, 1.807) is 12.4 Å². The zero-order chi connectivity index (χ0) is 14.7. The number of rotatable bonds is 5. The lowest BCUT2D eigenvalue weighted by Crippen LogP contribution is -2.29. The highest BCUT2D eigenvalue weighted by atomic mass is 16.5. The van der Waals surface area contributed by atoms with Gasteiger partial charge < -0.3 is 10.1 Å². The molecule has 1 unspecified atom stereocenters. The molecule has 1 saturated heterocycles. The molecule has 2 aromatic rings. The molecule has 0 aromatic carbocycles. The SMILES string of the molecule is Cc1nccnc1C(C)NC[C@H]1CC[C@@H](c2ncn[nH]2)O1. The summed E-state index contributed by atoms with van der Waals surface area (Å²) in [7, 11) is 0. The van der Waals surface area contributed by atoms with Crippen LogP contribution in [0.2, 0.25) is 0 Å². The Morgan fingerprint density at radius 3 is 2.95 bits per heavy atom. The van der Waals surface area contributed by atoms with Gasteiger partial charge in [0.2, 0.25) is 0 Å². The van der Waals surface area contributed by atoms with E-state index in [-0.39, 0.29) is 18.2 Å². The summed E-state index contributed by atoms with van der Waals surface area (Å²) in [5.74, 6) is 0.815. The molecular weight excluding hydrogens is 268 g/mol. The Morgan fingerprint density at radius 2 is 2.19 bits per heavy atom. The first-order valence-corrected chi connectivity index (χ1v) is 7.25. The van der Waals surface area contributed by atoms with Crippen LogP contribution in [0.5, 0.6) is 0 Å². The van der Waals surface area contributed by atoms with Crippen LogP contribution in [0.25, 0.3) is 0 Å². The van der Waals surface area contributed by atoms with Gasteiger partial charge in [0, 0.05) is 25.0 Å². The van der Waals surface area contributed by atoms with Gasteiger partial charge in [-0.25, -0.2) is 4.98 Å². The van der Waals surface area contributed by atoms with Crippen LogP contribution < -0.4 is 5.32 Å². The second kappa shape index (κ2) is 6.28. The van der Waals surface area contributed by atoms with Crippen molar-refractivity contribution < 1.29 is 4.74 Å². The minimum Gasteiger partial charge on any atom is -0.366 e. The number of nitrogens with one attached hydrogen (secondary N) is 2. The van der Waals surface area contributed by atoms with Gasteiger partial charge in [0.1, 0.15) is 12.4 Å². The second-order valence-corrected chi connectivity index (χ2v) is 5.35. The maximum Gasteiger partial charge on any atom is 0.153 e. The van der Waals surface area contributed by atoms with Gasteiger partial charge in [-0.15, -0.1) is 0 Å². The average Bonchev–Trinajstić information content (AvgIpc) is 3.16. The van der Waals surface area contributed by atoms with Crippen LogP contribution in [0.1, 0.15) is 49.1 Å². The molecule has 2 N–H and O–H groups in total. The van der Waals surface area contributed by atoms with Crippen molar-refractivity contribution >= 4 is 0 Å².